The summed E-state index contributed by atoms with van der Waals surface area (Å²) in [5.41, 5.74) is 8.47. The summed E-state index contributed by atoms with van der Waals surface area (Å²) in [5, 5.41) is 3.45. The largest absolute Gasteiger partial charge is 0.324 e. The van der Waals surface area contributed by atoms with E-state index in [-0.39, 0.29) is 6.04 Å². The zero-order valence-corrected chi connectivity index (χ0v) is 13.0. The number of rotatable bonds is 3. The fourth-order valence-corrected chi connectivity index (χ4v) is 4.72. The highest BCUT2D eigenvalue weighted by Crippen LogP contribution is 2.36. The Kier molecular flexibility index (Phi) is 3.83. The molecule has 0 saturated carbocycles. The van der Waals surface area contributed by atoms with Gasteiger partial charge in [-0.3, -0.25) is 0 Å². The second-order valence-electron chi connectivity index (χ2n) is 4.35. The number of thiophene rings is 2. The van der Waals surface area contributed by atoms with Crippen molar-refractivity contribution in [1.82, 2.24) is 0 Å². The third kappa shape index (κ3) is 2.67. The molecule has 0 fully saturated rings. The number of fused-ring (bicyclic) bond motifs is 1. The molecule has 1 unspecified atom stereocenters. The van der Waals surface area contributed by atoms with Gasteiger partial charge >= 0.3 is 0 Å². The SMILES string of the molecule is NC(Cc1csc2ccccc12)c1cc(Cl)sc1Cl. The van der Waals surface area contributed by atoms with Crippen LogP contribution >= 0.6 is 45.9 Å². The minimum absolute atomic E-state index is 0.116. The zero-order valence-electron chi connectivity index (χ0n) is 9.90. The van der Waals surface area contributed by atoms with Crippen molar-refractivity contribution in [3.05, 3.63) is 55.5 Å². The molecular weight excluding hydrogens is 317 g/mol. The van der Waals surface area contributed by atoms with Gasteiger partial charge in [-0.2, -0.15) is 0 Å². The van der Waals surface area contributed by atoms with Crippen LogP contribution in [0.1, 0.15) is 17.2 Å². The molecule has 19 heavy (non-hydrogen) atoms. The molecule has 98 valence electrons. The predicted octanol–water partition coefficient (Wildman–Crippen LogP) is 5.51. The molecule has 3 rings (SSSR count). The lowest BCUT2D eigenvalue weighted by atomic mass is 10.0. The van der Waals surface area contributed by atoms with E-state index in [1.807, 2.05) is 6.07 Å². The molecule has 1 aromatic carbocycles. The van der Waals surface area contributed by atoms with Gasteiger partial charge < -0.3 is 5.73 Å². The van der Waals surface area contributed by atoms with E-state index in [1.54, 1.807) is 11.3 Å². The van der Waals surface area contributed by atoms with Gasteiger partial charge in [-0.1, -0.05) is 41.4 Å². The van der Waals surface area contributed by atoms with Crippen LogP contribution in [0.15, 0.2) is 35.7 Å². The van der Waals surface area contributed by atoms with E-state index in [0.29, 0.717) is 8.67 Å². The molecule has 0 radical (unpaired) electrons. The normalized spacial score (nSPS) is 13.0. The maximum Gasteiger partial charge on any atom is 0.0992 e. The molecule has 0 amide bonds. The van der Waals surface area contributed by atoms with Crippen LogP contribution in [0.4, 0.5) is 0 Å². The Morgan fingerprint density at radius 1 is 1.21 bits per heavy atom. The average Bonchev–Trinajstić information content (AvgIpc) is 2.94. The van der Waals surface area contributed by atoms with E-state index in [0.717, 1.165) is 12.0 Å². The van der Waals surface area contributed by atoms with Crippen molar-refractivity contribution in [1.29, 1.82) is 0 Å². The lowest BCUT2D eigenvalue weighted by Gasteiger charge is -2.10. The molecule has 2 heterocycles. The van der Waals surface area contributed by atoms with Crippen LogP contribution in [0.2, 0.25) is 8.67 Å². The van der Waals surface area contributed by atoms with Gasteiger partial charge in [0.25, 0.3) is 0 Å². The minimum atomic E-state index is -0.116. The summed E-state index contributed by atoms with van der Waals surface area (Å²) in [7, 11) is 0. The summed E-state index contributed by atoms with van der Waals surface area (Å²) in [5.74, 6) is 0. The van der Waals surface area contributed by atoms with Gasteiger partial charge in [-0.25, -0.2) is 0 Å². The number of halogens is 2. The monoisotopic (exact) mass is 327 g/mol. The standard InChI is InChI=1S/C14H11Cl2NS2/c15-13-6-10(14(16)19-13)11(17)5-8-7-18-12-4-2-1-3-9(8)12/h1-4,6-7,11H,5,17H2. The number of hydrogen-bond acceptors (Lipinski definition) is 3. The molecule has 2 N–H and O–H groups in total. The Labute approximate surface area is 129 Å². The molecule has 1 atom stereocenters. The highest BCUT2D eigenvalue weighted by atomic mass is 35.5. The second kappa shape index (κ2) is 5.43. The van der Waals surface area contributed by atoms with Crippen LogP contribution in [0, 0.1) is 0 Å². The Morgan fingerprint density at radius 2 is 2.00 bits per heavy atom. The smallest absolute Gasteiger partial charge is 0.0992 e. The van der Waals surface area contributed by atoms with Crippen LogP contribution < -0.4 is 5.73 Å². The first-order chi connectivity index (χ1) is 9.15. The van der Waals surface area contributed by atoms with Crippen molar-refractivity contribution in [2.24, 2.45) is 5.73 Å². The zero-order chi connectivity index (χ0) is 13.4. The molecule has 2 aromatic heterocycles. The van der Waals surface area contributed by atoms with Crippen molar-refractivity contribution in [3.63, 3.8) is 0 Å². The summed E-state index contributed by atoms with van der Waals surface area (Å²) in [6.45, 7) is 0. The Morgan fingerprint density at radius 3 is 2.74 bits per heavy atom. The van der Waals surface area contributed by atoms with Crippen molar-refractivity contribution in [2.75, 3.05) is 0 Å². The lowest BCUT2D eigenvalue weighted by molar-refractivity contribution is 0.730. The molecule has 0 saturated heterocycles. The van der Waals surface area contributed by atoms with Crippen molar-refractivity contribution < 1.29 is 0 Å². The molecule has 3 aromatic rings. The maximum absolute atomic E-state index is 6.26. The summed E-state index contributed by atoms with van der Waals surface area (Å²) in [6, 6.07) is 10.1. The second-order valence-corrected chi connectivity index (χ2v) is 7.54. The van der Waals surface area contributed by atoms with Gasteiger partial charge in [0.2, 0.25) is 0 Å². The van der Waals surface area contributed by atoms with Crippen LogP contribution in [0.25, 0.3) is 10.1 Å². The van der Waals surface area contributed by atoms with E-state index in [4.69, 9.17) is 28.9 Å². The van der Waals surface area contributed by atoms with Gasteiger partial charge in [0.05, 0.1) is 8.67 Å². The number of benzene rings is 1. The topological polar surface area (TPSA) is 26.0 Å². The average molecular weight is 328 g/mol. The third-order valence-electron chi connectivity index (χ3n) is 3.08. The first-order valence-corrected chi connectivity index (χ1v) is 8.26. The Hall–Kier alpha value is -0.580. The molecule has 0 aliphatic heterocycles. The first kappa shape index (κ1) is 13.4. The van der Waals surface area contributed by atoms with Gasteiger partial charge in [0.15, 0.2) is 0 Å². The fraction of sp³-hybridized carbons (Fsp3) is 0.143. The van der Waals surface area contributed by atoms with Crippen LogP contribution in [-0.4, -0.2) is 0 Å². The molecule has 5 heteroatoms. The molecular formula is C14H11Cl2NS2. The third-order valence-corrected chi connectivity index (χ3v) is 5.61. The fourth-order valence-electron chi connectivity index (χ4n) is 2.14. The van der Waals surface area contributed by atoms with E-state index in [1.165, 1.54) is 27.0 Å². The lowest BCUT2D eigenvalue weighted by Crippen LogP contribution is -2.12. The van der Waals surface area contributed by atoms with Crippen LogP contribution in [0.5, 0.6) is 0 Å². The predicted molar refractivity (Wildman–Crippen MR) is 86.8 cm³/mol. The highest BCUT2D eigenvalue weighted by Gasteiger charge is 2.16. The Bertz CT molecular complexity index is 717. The van der Waals surface area contributed by atoms with E-state index < -0.39 is 0 Å². The van der Waals surface area contributed by atoms with Crippen LogP contribution in [0.3, 0.4) is 0 Å². The molecule has 1 nitrogen and oxygen atoms in total. The summed E-state index contributed by atoms with van der Waals surface area (Å²) in [4.78, 5) is 0. The van der Waals surface area contributed by atoms with E-state index >= 15 is 0 Å². The maximum atomic E-state index is 6.26. The highest BCUT2D eigenvalue weighted by molar-refractivity contribution is 7.20. The Balaban J connectivity index is 1.91. The van der Waals surface area contributed by atoms with Gasteiger partial charge in [0.1, 0.15) is 0 Å². The van der Waals surface area contributed by atoms with Crippen molar-refractivity contribution in [2.45, 2.75) is 12.5 Å². The van der Waals surface area contributed by atoms with Gasteiger partial charge in [-0.05, 0) is 34.9 Å². The molecule has 0 bridgehead atoms. The molecule has 0 aliphatic rings. The quantitative estimate of drug-likeness (QED) is 0.674. The molecule has 0 aliphatic carbocycles. The summed E-state index contributed by atoms with van der Waals surface area (Å²) < 4.78 is 2.67. The number of hydrogen-bond donors (Lipinski definition) is 1. The minimum Gasteiger partial charge on any atom is -0.324 e. The van der Waals surface area contributed by atoms with E-state index in [2.05, 4.69) is 29.6 Å². The van der Waals surface area contributed by atoms with Crippen molar-refractivity contribution >= 4 is 56.0 Å². The first-order valence-electron chi connectivity index (χ1n) is 5.80. The van der Waals surface area contributed by atoms with Crippen LogP contribution in [-0.2, 0) is 6.42 Å². The summed E-state index contributed by atoms with van der Waals surface area (Å²) >= 11 is 15.2. The van der Waals surface area contributed by atoms with E-state index in [9.17, 15) is 0 Å². The number of nitrogens with two attached hydrogens (primary N) is 1. The van der Waals surface area contributed by atoms with Gasteiger partial charge in [-0.15, -0.1) is 22.7 Å². The molecule has 0 spiro atoms. The van der Waals surface area contributed by atoms with Gasteiger partial charge in [0, 0.05) is 16.3 Å². The summed E-state index contributed by atoms with van der Waals surface area (Å²) in [6.07, 6.45) is 0.775. The van der Waals surface area contributed by atoms with Crippen molar-refractivity contribution in [3.8, 4) is 0 Å².